The topological polar surface area (TPSA) is 70.6 Å². The van der Waals surface area contributed by atoms with Crippen LogP contribution >= 0.6 is 15.9 Å². The molecule has 1 aromatic carbocycles. The molecule has 0 amide bonds. The molecule has 112 valence electrons. The van der Waals surface area contributed by atoms with E-state index in [1.165, 1.54) is 12.1 Å². The van der Waals surface area contributed by atoms with Gasteiger partial charge in [0.2, 0.25) is 0 Å². The van der Waals surface area contributed by atoms with E-state index in [4.69, 9.17) is 10.9 Å². The molecule has 1 atom stereocenters. The Bertz CT molecular complexity index is 519. The standard InChI is InChI=1S/C11H12BrF4N3O/c1-5-2-8(13)7(12)3-9(5)18-4-6(10(17)19-20)11(14,15)16/h2-3,6,18,20H,4H2,1H3,(H2,17,19). The predicted octanol–water partition coefficient (Wildman–Crippen LogP) is 3.23. The number of hydrogen-bond acceptors (Lipinski definition) is 3. The van der Waals surface area contributed by atoms with Crippen molar-refractivity contribution in [1.29, 1.82) is 0 Å². The quantitative estimate of drug-likeness (QED) is 0.254. The molecule has 9 heteroatoms. The number of amidine groups is 1. The summed E-state index contributed by atoms with van der Waals surface area (Å²) >= 11 is 2.94. The molecule has 20 heavy (non-hydrogen) atoms. The van der Waals surface area contributed by atoms with Crippen molar-refractivity contribution in [2.75, 3.05) is 11.9 Å². The van der Waals surface area contributed by atoms with Gasteiger partial charge in [-0.1, -0.05) is 5.16 Å². The summed E-state index contributed by atoms with van der Waals surface area (Å²) in [5.41, 5.74) is 5.78. The Morgan fingerprint density at radius 2 is 2.10 bits per heavy atom. The number of nitrogens with two attached hydrogens (primary N) is 1. The van der Waals surface area contributed by atoms with Crippen molar-refractivity contribution in [3.8, 4) is 0 Å². The molecule has 0 spiro atoms. The number of alkyl halides is 3. The van der Waals surface area contributed by atoms with Crippen LogP contribution in [0.5, 0.6) is 0 Å². The molecule has 0 saturated heterocycles. The van der Waals surface area contributed by atoms with E-state index in [2.05, 4.69) is 26.4 Å². The molecule has 0 aliphatic rings. The van der Waals surface area contributed by atoms with Gasteiger partial charge in [0.05, 0.1) is 4.47 Å². The minimum Gasteiger partial charge on any atom is -0.409 e. The van der Waals surface area contributed by atoms with Crippen molar-refractivity contribution in [2.45, 2.75) is 13.1 Å². The Morgan fingerprint density at radius 3 is 2.60 bits per heavy atom. The zero-order valence-electron chi connectivity index (χ0n) is 10.3. The normalized spacial score (nSPS) is 14.2. The number of oxime groups is 1. The van der Waals surface area contributed by atoms with E-state index in [-0.39, 0.29) is 4.47 Å². The highest BCUT2D eigenvalue weighted by Crippen LogP contribution is 2.29. The Hall–Kier alpha value is -1.51. The summed E-state index contributed by atoms with van der Waals surface area (Å²) in [5.74, 6) is -3.60. The van der Waals surface area contributed by atoms with E-state index in [0.29, 0.717) is 11.3 Å². The van der Waals surface area contributed by atoms with Crippen LogP contribution in [-0.2, 0) is 0 Å². The van der Waals surface area contributed by atoms with E-state index in [1.807, 2.05) is 0 Å². The number of hydrogen-bond donors (Lipinski definition) is 3. The number of aryl methyl sites for hydroxylation is 1. The van der Waals surface area contributed by atoms with Gasteiger partial charge in [-0.3, -0.25) is 0 Å². The summed E-state index contributed by atoms with van der Waals surface area (Å²) in [5, 5.41) is 13.3. The highest BCUT2D eigenvalue weighted by Gasteiger charge is 2.42. The van der Waals surface area contributed by atoms with Crippen LogP contribution in [0.2, 0.25) is 0 Å². The minimum atomic E-state index is -4.66. The largest absolute Gasteiger partial charge is 0.409 e. The van der Waals surface area contributed by atoms with E-state index in [9.17, 15) is 17.6 Å². The predicted molar refractivity (Wildman–Crippen MR) is 70.3 cm³/mol. The zero-order chi connectivity index (χ0) is 15.5. The first kappa shape index (κ1) is 16.5. The fraction of sp³-hybridized carbons (Fsp3) is 0.364. The summed E-state index contributed by atoms with van der Waals surface area (Å²) < 4.78 is 51.5. The van der Waals surface area contributed by atoms with Gasteiger partial charge in [0, 0.05) is 12.2 Å². The Morgan fingerprint density at radius 1 is 1.50 bits per heavy atom. The molecule has 0 fully saturated rings. The third-order valence-electron chi connectivity index (χ3n) is 2.63. The van der Waals surface area contributed by atoms with Crippen molar-refractivity contribution in [1.82, 2.24) is 0 Å². The summed E-state index contributed by atoms with van der Waals surface area (Å²) in [4.78, 5) is 0. The van der Waals surface area contributed by atoms with Gasteiger partial charge in [-0.15, -0.1) is 0 Å². The highest BCUT2D eigenvalue weighted by molar-refractivity contribution is 9.10. The Kier molecular flexibility index (Phi) is 5.21. The zero-order valence-corrected chi connectivity index (χ0v) is 11.9. The van der Waals surface area contributed by atoms with Gasteiger partial charge in [0.15, 0.2) is 5.84 Å². The van der Waals surface area contributed by atoms with Gasteiger partial charge >= 0.3 is 6.18 Å². The fourth-order valence-electron chi connectivity index (χ4n) is 1.51. The maximum absolute atomic E-state index is 13.2. The number of nitrogens with zero attached hydrogens (tertiary/aromatic N) is 1. The molecule has 1 aromatic rings. The SMILES string of the molecule is Cc1cc(F)c(Br)cc1NCC(/C(N)=N/O)C(F)(F)F. The second-order valence-corrected chi connectivity index (χ2v) is 4.94. The molecule has 0 aliphatic carbocycles. The van der Waals surface area contributed by atoms with Crippen LogP contribution in [0.25, 0.3) is 0 Å². The van der Waals surface area contributed by atoms with Gasteiger partial charge in [-0.25, -0.2) is 4.39 Å². The van der Waals surface area contributed by atoms with Crippen LogP contribution in [0, 0.1) is 18.7 Å². The molecule has 0 heterocycles. The molecule has 0 radical (unpaired) electrons. The van der Waals surface area contributed by atoms with Gasteiger partial charge < -0.3 is 16.3 Å². The van der Waals surface area contributed by atoms with Crippen molar-refractivity contribution < 1.29 is 22.8 Å². The van der Waals surface area contributed by atoms with Crippen LogP contribution in [-0.4, -0.2) is 23.8 Å². The van der Waals surface area contributed by atoms with Gasteiger partial charge in [0.25, 0.3) is 0 Å². The van der Waals surface area contributed by atoms with Crippen molar-refractivity contribution in [3.05, 3.63) is 28.0 Å². The lowest BCUT2D eigenvalue weighted by atomic mass is 10.1. The Labute approximate surface area is 120 Å². The van der Waals surface area contributed by atoms with E-state index in [0.717, 1.165) is 0 Å². The lowest BCUT2D eigenvalue weighted by molar-refractivity contribution is -0.152. The summed E-state index contributed by atoms with van der Waals surface area (Å²) in [7, 11) is 0. The molecule has 4 N–H and O–H groups in total. The molecule has 0 saturated carbocycles. The van der Waals surface area contributed by atoms with Crippen LogP contribution in [0.3, 0.4) is 0 Å². The molecule has 0 aliphatic heterocycles. The average molecular weight is 358 g/mol. The third-order valence-corrected chi connectivity index (χ3v) is 3.24. The molecule has 0 aromatic heterocycles. The van der Waals surface area contributed by atoms with Crippen molar-refractivity contribution >= 4 is 27.5 Å². The Balaban J connectivity index is 2.91. The monoisotopic (exact) mass is 357 g/mol. The molecule has 4 nitrogen and oxygen atoms in total. The first-order valence-corrected chi connectivity index (χ1v) is 6.19. The first-order valence-electron chi connectivity index (χ1n) is 5.40. The minimum absolute atomic E-state index is 0.123. The highest BCUT2D eigenvalue weighted by atomic mass is 79.9. The lowest BCUT2D eigenvalue weighted by Gasteiger charge is -2.20. The van der Waals surface area contributed by atoms with Crippen LogP contribution in [0.15, 0.2) is 21.8 Å². The summed E-state index contributed by atoms with van der Waals surface area (Å²) in [6, 6.07) is 2.50. The summed E-state index contributed by atoms with van der Waals surface area (Å²) in [6.07, 6.45) is -4.66. The maximum Gasteiger partial charge on any atom is 0.400 e. The van der Waals surface area contributed by atoms with E-state index >= 15 is 0 Å². The van der Waals surface area contributed by atoms with Crippen molar-refractivity contribution in [3.63, 3.8) is 0 Å². The average Bonchev–Trinajstić information content (AvgIpc) is 2.33. The molecule has 1 rings (SSSR count). The van der Waals surface area contributed by atoms with Gasteiger partial charge in [0.1, 0.15) is 11.7 Å². The maximum atomic E-state index is 13.2. The number of anilines is 1. The van der Waals surface area contributed by atoms with Crippen LogP contribution < -0.4 is 11.1 Å². The number of rotatable bonds is 4. The van der Waals surface area contributed by atoms with Gasteiger partial charge in [-0.2, -0.15) is 13.2 Å². The van der Waals surface area contributed by atoms with E-state index < -0.39 is 30.3 Å². The molecule has 0 bridgehead atoms. The van der Waals surface area contributed by atoms with Crippen molar-refractivity contribution in [2.24, 2.45) is 16.8 Å². The molecular formula is C11H12BrF4N3O. The number of nitrogens with one attached hydrogen (secondary N) is 1. The number of halogens is 5. The van der Waals surface area contributed by atoms with Crippen LogP contribution in [0.1, 0.15) is 5.56 Å². The fourth-order valence-corrected chi connectivity index (χ4v) is 1.85. The summed E-state index contributed by atoms with van der Waals surface area (Å²) in [6.45, 7) is 0.919. The van der Waals surface area contributed by atoms with Gasteiger partial charge in [-0.05, 0) is 40.5 Å². The lowest BCUT2D eigenvalue weighted by Crippen LogP contribution is -2.40. The molecular weight excluding hydrogens is 346 g/mol. The second-order valence-electron chi connectivity index (χ2n) is 4.08. The first-order chi connectivity index (χ1) is 9.16. The second kappa shape index (κ2) is 6.29. The third kappa shape index (κ3) is 3.99. The molecule has 1 unspecified atom stereocenters. The van der Waals surface area contributed by atoms with Crippen LogP contribution in [0.4, 0.5) is 23.2 Å². The smallest absolute Gasteiger partial charge is 0.400 e. The van der Waals surface area contributed by atoms with E-state index in [1.54, 1.807) is 6.92 Å². The number of benzene rings is 1.